The van der Waals surface area contributed by atoms with Gasteiger partial charge >= 0.3 is 12.1 Å². The van der Waals surface area contributed by atoms with E-state index in [-0.39, 0.29) is 110 Å². The molecule has 23 nitrogen and oxygen atoms in total. The lowest BCUT2D eigenvalue weighted by Gasteiger charge is -2.33. The maximum Gasteiger partial charge on any atom is 0.417 e. The number of nitrogens with two attached hydrogens (primary N) is 1. The van der Waals surface area contributed by atoms with Crippen LogP contribution < -0.4 is 51.0 Å². The Bertz CT molecular complexity index is 3300. The van der Waals surface area contributed by atoms with Gasteiger partial charge < -0.3 is 60.9 Å². The molecule has 24 heteroatoms. The van der Waals surface area contributed by atoms with Gasteiger partial charge in [0.15, 0.2) is 17.7 Å². The number of amides is 10. The third-order valence-electron chi connectivity index (χ3n) is 16.1. The first-order valence-electron chi connectivity index (χ1n) is 30.5. The molecule has 5 atom stereocenters. The monoisotopic (exact) mass is 1250 g/mol. The first-order chi connectivity index (χ1) is 42.6. The second-order valence-corrected chi connectivity index (χ2v) is 24.4. The van der Waals surface area contributed by atoms with Crippen molar-refractivity contribution in [3.05, 3.63) is 95.6 Å². The lowest BCUT2D eigenvalue weighted by molar-refractivity contribution is -0.137. The minimum absolute atomic E-state index is 0.0703. The Hall–Kier alpha value is -8.44. The molecule has 4 aliphatic rings. The highest BCUT2D eigenvalue weighted by atomic mass is 35.5. The molecule has 5 unspecified atom stereocenters. The van der Waals surface area contributed by atoms with Gasteiger partial charge in [-0.25, -0.2) is 14.5 Å². The largest absolute Gasteiger partial charge is 0.493 e. The van der Waals surface area contributed by atoms with E-state index in [0.29, 0.717) is 88.2 Å². The average Bonchev–Trinajstić information content (AvgIpc) is 1.70. The highest BCUT2D eigenvalue weighted by Crippen LogP contribution is 2.47. The molecule has 1 saturated heterocycles. The number of aliphatic hydroxyl groups excluding tert-OH is 1. The van der Waals surface area contributed by atoms with Crippen LogP contribution in [0.3, 0.4) is 0 Å². The van der Waals surface area contributed by atoms with Crippen LogP contribution in [0.25, 0.3) is 10.8 Å². The van der Waals surface area contributed by atoms with Crippen LogP contribution in [-0.4, -0.2) is 144 Å². The first kappa shape index (κ1) is 66.5. The van der Waals surface area contributed by atoms with Gasteiger partial charge in [-0.1, -0.05) is 56.7 Å². The summed E-state index contributed by atoms with van der Waals surface area (Å²) in [4.78, 5) is 123. The number of fused-ring (bicyclic) bond motifs is 5. The van der Waals surface area contributed by atoms with E-state index < -0.39 is 53.9 Å². The summed E-state index contributed by atoms with van der Waals surface area (Å²) in [6, 6.07) is 16.5. The Morgan fingerprint density at radius 3 is 2.18 bits per heavy atom. The third-order valence-corrected chi connectivity index (χ3v) is 16.5. The molecule has 89 heavy (non-hydrogen) atoms. The predicted molar refractivity (Wildman–Crippen MR) is 335 cm³/mol. The summed E-state index contributed by atoms with van der Waals surface area (Å²) in [7, 11) is 1.46. The average molecular weight is 1250 g/mol. The topological polar surface area (TPSA) is 298 Å². The molecule has 1 fully saturated rings. The number of hydrogen-bond donors (Lipinski definition) is 6. The van der Waals surface area contributed by atoms with Crippen molar-refractivity contribution in [2.24, 2.45) is 11.7 Å². The van der Waals surface area contributed by atoms with Crippen molar-refractivity contribution in [2.75, 3.05) is 60.9 Å². The molecule has 0 spiro atoms. The molecule has 0 aromatic heterocycles. The number of rotatable bonds is 28. The van der Waals surface area contributed by atoms with Crippen molar-refractivity contribution >= 4 is 92.9 Å². The summed E-state index contributed by atoms with van der Waals surface area (Å²) < 4.78 is 24.1. The minimum Gasteiger partial charge on any atom is -0.493 e. The summed E-state index contributed by atoms with van der Waals surface area (Å²) >= 11 is 6.62. The van der Waals surface area contributed by atoms with E-state index in [2.05, 4.69) is 21.3 Å². The van der Waals surface area contributed by atoms with Crippen molar-refractivity contribution < 1.29 is 67.2 Å². The van der Waals surface area contributed by atoms with Crippen LogP contribution in [0.15, 0.2) is 78.9 Å². The van der Waals surface area contributed by atoms with Crippen LogP contribution in [0.4, 0.5) is 26.7 Å². The second kappa shape index (κ2) is 30.2. The number of hydrogen-bond acceptors (Lipinski definition) is 14. The number of ether oxygens (including phenoxy) is 4. The van der Waals surface area contributed by atoms with Gasteiger partial charge in [0.05, 0.1) is 36.7 Å². The third kappa shape index (κ3) is 16.6. The molecular formula is C65H82ClN9O14. The Morgan fingerprint density at radius 1 is 0.798 bits per heavy atom. The zero-order valence-electron chi connectivity index (χ0n) is 51.4. The Labute approximate surface area is 523 Å². The summed E-state index contributed by atoms with van der Waals surface area (Å²) in [6.07, 6.45) is 5.61. The van der Waals surface area contributed by atoms with Gasteiger partial charge in [-0.15, -0.1) is 11.6 Å². The zero-order valence-corrected chi connectivity index (χ0v) is 52.2. The van der Waals surface area contributed by atoms with Crippen molar-refractivity contribution in [3.63, 3.8) is 0 Å². The van der Waals surface area contributed by atoms with Gasteiger partial charge in [-0.3, -0.25) is 38.5 Å². The summed E-state index contributed by atoms with van der Waals surface area (Å²) in [5.74, 6) is -1.61. The van der Waals surface area contributed by atoms with Gasteiger partial charge in [0.1, 0.15) is 30.0 Å². The lowest BCUT2D eigenvalue weighted by Crippen LogP contribution is -2.54. The SMILES string of the molecule is COc1cc2c(cc1OCCCCCC(=O)N1CC(CCl)c3c1cc(OCc1ccc(NC(=O)C(CCCNC(N)=O)NC(=O)C(NC(=O)CCCCCN4C(=O)C=CC4=O)C(C)C)cc1)c1ccccc31)N(C(=O)OC(C)(C)C)C(O)C1CCCN1C2=O. The van der Waals surface area contributed by atoms with E-state index in [4.69, 9.17) is 36.3 Å². The smallest absolute Gasteiger partial charge is 0.417 e. The van der Waals surface area contributed by atoms with E-state index in [1.807, 2.05) is 30.3 Å². The van der Waals surface area contributed by atoms with Crippen LogP contribution in [0.2, 0.25) is 0 Å². The fourth-order valence-electron chi connectivity index (χ4n) is 11.6. The molecule has 4 aromatic carbocycles. The van der Waals surface area contributed by atoms with Crippen LogP contribution in [0, 0.1) is 5.92 Å². The first-order valence-corrected chi connectivity index (χ1v) is 31.1. The van der Waals surface area contributed by atoms with Crippen molar-refractivity contribution in [1.29, 1.82) is 0 Å². The number of carbonyl (C=O) groups is 9. The second-order valence-electron chi connectivity index (χ2n) is 24.1. The number of urea groups is 1. The highest BCUT2D eigenvalue weighted by Gasteiger charge is 2.46. The van der Waals surface area contributed by atoms with Gasteiger partial charge in [0.25, 0.3) is 17.7 Å². The number of methoxy groups -OCH3 is 1. The molecule has 0 radical (unpaired) electrons. The number of nitrogens with one attached hydrogen (secondary N) is 4. The van der Waals surface area contributed by atoms with Gasteiger partial charge in [-0.05, 0) is 119 Å². The fraction of sp³-hybridized carbons (Fsp3) is 0.492. The van der Waals surface area contributed by atoms with Gasteiger partial charge in [0, 0.05) is 86.2 Å². The Morgan fingerprint density at radius 2 is 1.49 bits per heavy atom. The van der Waals surface area contributed by atoms with E-state index in [1.54, 1.807) is 74.8 Å². The van der Waals surface area contributed by atoms with Crippen LogP contribution in [0.5, 0.6) is 17.2 Å². The number of carbonyl (C=O) groups excluding carboxylic acids is 9. The van der Waals surface area contributed by atoms with E-state index >= 15 is 0 Å². The Kier molecular flexibility index (Phi) is 22.6. The molecule has 8 rings (SSSR count). The predicted octanol–water partition coefficient (Wildman–Crippen LogP) is 7.91. The molecule has 4 aliphatic heterocycles. The number of alkyl halides is 1. The van der Waals surface area contributed by atoms with E-state index in [1.165, 1.54) is 25.3 Å². The molecule has 478 valence electrons. The minimum atomic E-state index is -1.35. The molecule has 0 aliphatic carbocycles. The number of imide groups is 1. The van der Waals surface area contributed by atoms with Crippen LogP contribution in [-0.2, 0) is 40.1 Å². The molecule has 10 amide bonds. The number of nitrogens with zero attached hydrogens (tertiary/aromatic N) is 4. The number of anilines is 3. The number of halogens is 1. The number of primary amides is 1. The van der Waals surface area contributed by atoms with E-state index in [0.717, 1.165) is 37.4 Å². The standard InChI is InChI=1S/C65H82ClN9O14/c1-39(2)58(71-53(76)21-9-7-13-30-73-55(78)27-28-56(73)79)60(81)70-46(19-15-29-68-63(67)84)59(80)69-42-25-23-40(24-26-42)38-88-50-35-49-57(44-18-12-11-17-43(44)50)41(36-66)37-74(49)54(77)22-10-8-14-32-87-52-34-48-45(33-51(52)86-6)61(82)72-31-16-20-47(72)62(83)75(48)64(85)89-65(3,4)5/h11-12,17-18,23-28,33-35,39,41,46-47,58,62,83H,7-10,13-16,19-22,29-32,36-38H2,1-6H3,(H,69,80)(H,70,81)(H,71,76)(H3,67,68,84). The molecule has 4 heterocycles. The number of unbranched alkanes of at least 4 members (excludes halogenated alkanes) is 4. The lowest BCUT2D eigenvalue weighted by atomic mass is 9.95. The molecular weight excluding hydrogens is 1170 g/mol. The quantitative estimate of drug-likeness (QED) is 0.0179. The maximum absolute atomic E-state index is 14.2. The number of aliphatic hydroxyl groups is 1. The molecule has 0 saturated carbocycles. The fourth-order valence-corrected chi connectivity index (χ4v) is 11.8. The zero-order chi connectivity index (χ0) is 64.1. The Balaban J connectivity index is 0.862. The van der Waals surface area contributed by atoms with Gasteiger partial charge in [-0.2, -0.15) is 0 Å². The summed E-state index contributed by atoms with van der Waals surface area (Å²) in [5.41, 5.74) is 7.64. The van der Waals surface area contributed by atoms with Crippen LogP contribution >= 0.6 is 11.6 Å². The van der Waals surface area contributed by atoms with Crippen molar-refractivity contribution in [3.8, 4) is 17.2 Å². The number of benzene rings is 4. The maximum atomic E-state index is 14.2. The van der Waals surface area contributed by atoms with Crippen molar-refractivity contribution in [2.45, 2.75) is 154 Å². The van der Waals surface area contributed by atoms with Crippen LogP contribution in [0.1, 0.15) is 139 Å². The highest BCUT2D eigenvalue weighted by molar-refractivity contribution is 6.19. The molecule has 0 bridgehead atoms. The normalized spacial score (nSPS) is 17.6. The van der Waals surface area contributed by atoms with E-state index in [9.17, 15) is 48.3 Å². The van der Waals surface area contributed by atoms with Gasteiger partial charge in [0.2, 0.25) is 23.6 Å². The van der Waals surface area contributed by atoms with Crippen molar-refractivity contribution in [1.82, 2.24) is 25.8 Å². The summed E-state index contributed by atoms with van der Waals surface area (Å²) in [5, 5.41) is 24.4. The molecule has 4 aromatic rings. The molecule has 7 N–H and O–H groups in total. The summed E-state index contributed by atoms with van der Waals surface area (Å²) in [6.45, 7) is 10.3.